The molecule has 0 saturated heterocycles. The van der Waals surface area contributed by atoms with Gasteiger partial charge in [-0.15, -0.1) is 11.3 Å². The maximum Gasteiger partial charge on any atom is 0.175 e. The van der Waals surface area contributed by atoms with E-state index in [0.29, 0.717) is 4.90 Å². The molecule has 1 N–H and O–H groups in total. The van der Waals surface area contributed by atoms with Crippen LogP contribution in [0.2, 0.25) is 0 Å². The summed E-state index contributed by atoms with van der Waals surface area (Å²) in [5.41, 5.74) is 6.03. The zero-order valence-electron chi connectivity index (χ0n) is 15.2. The first kappa shape index (κ1) is 17.9. The highest BCUT2D eigenvalue weighted by Gasteiger charge is 2.18. The fraction of sp³-hybridized carbons (Fsp3) is 0.200. The molecule has 4 aromatic rings. The van der Waals surface area contributed by atoms with Gasteiger partial charge in [0.15, 0.2) is 9.84 Å². The van der Waals surface area contributed by atoms with Crippen LogP contribution < -0.4 is 5.32 Å². The Hall–Kier alpha value is -2.51. The van der Waals surface area contributed by atoms with E-state index < -0.39 is 9.84 Å². The molecule has 0 atom stereocenters. The van der Waals surface area contributed by atoms with Crippen molar-refractivity contribution in [1.29, 1.82) is 0 Å². The summed E-state index contributed by atoms with van der Waals surface area (Å²) in [5, 5.41) is 4.16. The molecule has 2 aromatic heterocycles. The first-order chi connectivity index (χ1) is 12.8. The van der Waals surface area contributed by atoms with Gasteiger partial charge in [-0.2, -0.15) is 0 Å². The summed E-state index contributed by atoms with van der Waals surface area (Å²) < 4.78 is 25.8. The first-order valence-corrected chi connectivity index (χ1v) is 11.3. The lowest BCUT2D eigenvalue weighted by molar-refractivity contribution is 0.600. The second-order valence-electron chi connectivity index (χ2n) is 6.85. The van der Waals surface area contributed by atoms with Crippen LogP contribution in [0.3, 0.4) is 0 Å². The molecule has 0 bridgehead atoms. The monoisotopic (exact) mass is 397 g/mol. The molecule has 2 heterocycles. The second kappa shape index (κ2) is 6.58. The van der Waals surface area contributed by atoms with E-state index in [1.165, 1.54) is 6.26 Å². The molecule has 0 spiro atoms. The second-order valence-corrected chi connectivity index (χ2v) is 9.72. The van der Waals surface area contributed by atoms with Crippen LogP contribution in [0.5, 0.6) is 0 Å². The molecule has 0 radical (unpaired) electrons. The van der Waals surface area contributed by atoms with Crippen molar-refractivity contribution in [2.45, 2.75) is 24.7 Å². The van der Waals surface area contributed by atoms with Crippen molar-refractivity contribution in [1.82, 2.24) is 9.97 Å². The van der Waals surface area contributed by atoms with E-state index in [4.69, 9.17) is 0 Å². The minimum Gasteiger partial charge on any atom is -0.355 e. The van der Waals surface area contributed by atoms with E-state index in [-0.39, 0.29) is 5.92 Å². The molecule has 0 amide bonds. The molecular formula is C20H19N3O2S2. The molecule has 4 rings (SSSR count). The number of rotatable bonds is 4. The molecule has 0 saturated carbocycles. The standard InChI is InChI=1S/C20H19N3O2S2/c1-12(2)14-9-17-15(10-20(14)27(3,24)25)16(6-7-21-17)23-13-4-5-19-18(8-13)22-11-26-19/h4-12H,1-3H3,(H,21,23). The summed E-state index contributed by atoms with van der Waals surface area (Å²) in [4.78, 5) is 9.15. The van der Waals surface area contributed by atoms with Crippen LogP contribution in [0.1, 0.15) is 25.3 Å². The Morgan fingerprint density at radius 1 is 1.04 bits per heavy atom. The fourth-order valence-electron chi connectivity index (χ4n) is 3.16. The highest BCUT2D eigenvalue weighted by molar-refractivity contribution is 7.90. The lowest BCUT2D eigenvalue weighted by Gasteiger charge is -2.15. The topological polar surface area (TPSA) is 72.0 Å². The normalized spacial score (nSPS) is 12.1. The highest BCUT2D eigenvalue weighted by Crippen LogP contribution is 2.33. The molecule has 0 unspecified atom stereocenters. The van der Waals surface area contributed by atoms with Crippen molar-refractivity contribution in [2.24, 2.45) is 0 Å². The maximum absolute atomic E-state index is 12.3. The summed E-state index contributed by atoms with van der Waals surface area (Å²) in [6.45, 7) is 3.97. The van der Waals surface area contributed by atoms with Gasteiger partial charge in [0, 0.05) is 29.2 Å². The number of pyridine rings is 1. The van der Waals surface area contributed by atoms with Gasteiger partial charge in [0.1, 0.15) is 0 Å². The van der Waals surface area contributed by atoms with Crippen LogP contribution in [0.15, 0.2) is 53.0 Å². The highest BCUT2D eigenvalue weighted by atomic mass is 32.2. The third-order valence-corrected chi connectivity index (χ3v) is 6.47. The largest absolute Gasteiger partial charge is 0.355 e. The zero-order valence-corrected chi connectivity index (χ0v) is 16.9. The Balaban J connectivity index is 1.87. The van der Waals surface area contributed by atoms with Crippen molar-refractivity contribution < 1.29 is 8.42 Å². The van der Waals surface area contributed by atoms with Gasteiger partial charge in [-0.25, -0.2) is 13.4 Å². The van der Waals surface area contributed by atoms with Crippen LogP contribution in [0.4, 0.5) is 11.4 Å². The number of sulfone groups is 1. The van der Waals surface area contributed by atoms with E-state index >= 15 is 0 Å². The van der Waals surface area contributed by atoms with Gasteiger partial charge in [-0.05, 0) is 47.9 Å². The molecular weight excluding hydrogens is 378 g/mol. The Kier molecular flexibility index (Phi) is 4.36. The first-order valence-electron chi connectivity index (χ1n) is 8.56. The van der Waals surface area contributed by atoms with E-state index in [0.717, 1.165) is 38.1 Å². The average molecular weight is 398 g/mol. The number of aromatic nitrogens is 2. The molecule has 0 fully saturated rings. The predicted octanol–water partition coefficient (Wildman–Crippen LogP) is 5.12. The van der Waals surface area contributed by atoms with Crippen LogP contribution >= 0.6 is 11.3 Å². The van der Waals surface area contributed by atoms with Crippen LogP contribution in [-0.4, -0.2) is 24.6 Å². The van der Waals surface area contributed by atoms with Crippen molar-refractivity contribution >= 4 is 53.7 Å². The van der Waals surface area contributed by atoms with Crippen molar-refractivity contribution in [2.75, 3.05) is 11.6 Å². The predicted molar refractivity (Wildman–Crippen MR) is 112 cm³/mol. The Morgan fingerprint density at radius 2 is 1.85 bits per heavy atom. The fourth-order valence-corrected chi connectivity index (χ4v) is 4.87. The number of thiazole rings is 1. The van der Waals surface area contributed by atoms with Crippen molar-refractivity contribution in [3.05, 3.63) is 53.7 Å². The summed E-state index contributed by atoms with van der Waals surface area (Å²) in [6, 6.07) is 11.5. The van der Waals surface area contributed by atoms with Gasteiger partial charge in [0.2, 0.25) is 0 Å². The minimum atomic E-state index is -3.35. The zero-order chi connectivity index (χ0) is 19.2. The van der Waals surface area contributed by atoms with Gasteiger partial charge in [-0.1, -0.05) is 13.8 Å². The molecule has 5 nitrogen and oxygen atoms in total. The van der Waals surface area contributed by atoms with E-state index in [9.17, 15) is 8.42 Å². The van der Waals surface area contributed by atoms with Crippen LogP contribution in [-0.2, 0) is 9.84 Å². The Morgan fingerprint density at radius 3 is 2.59 bits per heavy atom. The summed E-state index contributed by atoms with van der Waals surface area (Å²) in [7, 11) is -3.35. The van der Waals surface area contributed by atoms with Gasteiger partial charge in [0.05, 0.1) is 26.1 Å². The number of anilines is 2. The van der Waals surface area contributed by atoms with Gasteiger partial charge < -0.3 is 5.32 Å². The third kappa shape index (κ3) is 3.40. The summed E-state index contributed by atoms with van der Waals surface area (Å²) >= 11 is 1.60. The van der Waals surface area contributed by atoms with Gasteiger partial charge in [-0.3, -0.25) is 4.98 Å². The minimum absolute atomic E-state index is 0.0876. The molecule has 0 aliphatic heterocycles. The van der Waals surface area contributed by atoms with E-state index in [1.807, 2.05) is 49.7 Å². The van der Waals surface area contributed by atoms with Crippen molar-refractivity contribution in [3.8, 4) is 0 Å². The summed E-state index contributed by atoms with van der Waals surface area (Å²) in [6.07, 6.45) is 2.98. The maximum atomic E-state index is 12.3. The molecule has 0 aliphatic rings. The summed E-state index contributed by atoms with van der Waals surface area (Å²) in [5.74, 6) is 0.0876. The number of hydrogen-bond acceptors (Lipinski definition) is 6. The quantitative estimate of drug-likeness (QED) is 0.518. The van der Waals surface area contributed by atoms with Crippen LogP contribution in [0, 0.1) is 0 Å². The molecule has 2 aromatic carbocycles. The molecule has 0 aliphatic carbocycles. The lowest BCUT2D eigenvalue weighted by Crippen LogP contribution is -2.05. The van der Waals surface area contributed by atoms with Crippen LogP contribution in [0.25, 0.3) is 21.1 Å². The molecule has 138 valence electrons. The molecule has 7 heteroatoms. The number of nitrogens with zero attached hydrogens (tertiary/aromatic N) is 2. The Labute approximate surface area is 162 Å². The number of hydrogen-bond donors (Lipinski definition) is 1. The number of nitrogens with one attached hydrogen (secondary N) is 1. The molecule has 27 heavy (non-hydrogen) atoms. The SMILES string of the molecule is CC(C)c1cc2nccc(Nc3ccc4scnc4c3)c2cc1S(C)(=O)=O. The average Bonchev–Trinajstić information content (AvgIpc) is 3.08. The van der Waals surface area contributed by atoms with Gasteiger partial charge >= 0.3 is 0 Å². The number of fused-ring (bicyclic) bond motifs is 2. The van der Waals surface area contributed by atoms with Crippen molar-refractivity contribution in [3.63, 3.8) is 0 Å². The smallest absolute Gasteiger partial charge is 0.175 e. The Bertz CT molecular complexity index is 1260. The third-order valence-electron chi connectivity index (χ3n) is 4.50. The lowest BCUT2D eigenvalue weighted by atomic mass is 10.0. The van der Waals surface area contributed by atoms with E-state index in [2.05, 4.69) is 15.3 Å². The van der Waals surface area contributed by atoms with Gasteiger partial charge in [0.25, 0.3) is 0 Å². The number of benzene rings is 2. The van der Waals surface area contributed by atoms with E-state index in [1.54, 1.807) is 23.6 Å².